The molecule has 0 amide bonds. The van der Waals surface area contributed by atoms with Crippen molar-refractivity contribution in [1.82, 2.24) is 0 Å². The Morgan fingerprint density at radius 1 is 0.658 bits per heavy atom. The van der Waals surface area contributed by atoms with Gasteiger partial charge in [-0.3, -0.25) is 9.59 Å². The lowest BCUT2D eigenvalue weighted by molar-refractivity contribution is -0.141. The van der Waals surface area contributed by atoms with Crippen LogP contribution in [0, 0.1) is 5.92 Å². The van der Waals surface area contributed by atoms with Crippen molar-refractivity contribution in [2.45, 2.75) is 45.3 Å². The van der Waals surface area contributed by atoms with E-state index in [9.17, 15) is 19.2 Å². The van der Waals surface area contributed by atoms with Crippen molar-refractivity contribution in [2.24, 2.45) is 5.92 Å². The van der Waals surface area contributed by atoms with Crippen LogP contribution in [0.4, 0.5) is 9.59 Å². The Morgan fingerprint density at radius 2 is 1.24 bits per heavy atom. The van der Waals surface area contributed by atoms with Crippen LogP contribution in [0.3, 0.4) is 0 Å². The predicted octanol–water partition coefficient (Wildman–Crippen LogP) is 5.48. The molecule has 1 atom stereocenters. The first kappa shape index (κ1) is 26.6. The number of rotatable bonds is 8. The largest absolute Gasteiger partial charge is 0.516 e. The summed E-state index contributed by atoms with van der Waals surface area (Å²) >= 11 is 0. The normalized spacial score (nSPS) is 14.1. The van der Waals surface area contributed by atoms with Crippen LogP contribution in [0.25, 0.3) is 0 Å². The number of ether oxygens (including phenoxy) is 4. The summed E-state index contributed by atoms with van der Waals surface area (Å²) in [6.07, 6.45) is 0.0762. The van der Waals surface area contributed by atoms with Crippen LogP contribution in [0.2, 0.25) is 0 Å². The van der Waals surface area contributed by atoms with E-state index in [1.54, 1.807) is 24.3 Å². The SMILES string of the molecule is O=C(Cc1ccc2c(c1)CC(CC(=O)OC(=O)OCc1ccccc1)CC2)OC(=O)OCc1ccccc1. The fraction of sp³-hybridized carbons (Fsp3) is 0.267. The zero-order valence-corrected chi connectivity index (χ0v) is 20.8. The lowest BCUT2D eigenvalue weighted by atomic mass is 9.81. The second-order valence-corrected chi connectivity index (χ2v) is 9.09. The van der Waals surface area contributed by atoms with Crippen LogP contribution in [0.1, 0.15) is 40.7 Å². The number of carbonyl (C=O) groups is 4. The van der Waals surface area contributed by atoms with E-state index in [0.29, 0.717) is 12.0 Å². The van der Waals surface area contributed by atoms with Gasteiger partial charge in [0.2, 0.25) is 0 Å². The molecule has 0 aromatic heterocycles. The van der Waals surface area contributed by atoms with Crippen molar-refractivity contribution in [2.75, 3.05) is 0 Å². The fourth-order valence-corrected chi connectivity index (χ4v) is 4.33. The number of esters is 2. The van der Waals surface area contributed by atoms with Gasteiger partial charge in [-0.05, 0) is 53.0 Å². The molecular formula is C30H28O8. The van der Waals surface area contributed by atoms with Gasteiger partial charge < -0.3 is 18.9 Å². The summed E-state index contributed by atoms with van der Waals surface area (Å²) in [6.45, 7) is 0.0418. The van der Waals surface area contributed by atoms with Crippen molar-refractivity contribution in [3.63, 3.8) is 0 Å². The number of carbonyl (C=O) groups excluding carboxylic acids is 4. The number of benzene rings is 3. The maximum atomic E-state index is 12.3. The van der Waals surface area contributed by atoms with Crippen molar-refractivity contribution >= 4 is 24.2 Å². The smallest absolute Gasteiger partial charge is 0.429 e. The average Bonchev–Trinajstić information content (AvgIpc) is 2.91. The Balaban J connectivity index is 1.21. The van der Waals surface area contributed by atoms with Crippen molar-refractivity contribution < 1.29 is 38.1 Å². The van der Waals surface area contributed by atoms with Gasteiger partial charge in [-0.1, -0.05) is 78.9 Å². The highest BCUT2D eigenvalue weighted by Gasteiger charge is 2.24. The molecule has 1 aliphatic carbocycles. The van der Waals surface area contributed by atoms with E-state index in [1.165, 1.54) is 0 Å². The average molecular weight is 517 g/mol. The van der Waals surface area contributed by atoms with Gasteiger partial charge in [0.25, 0.3) is 0 Å². The molecule has 0 N–H and O–H groups in total. The first-order valence-corrected chi connectivity index (χ1v) is 12.4. The first-order chi connectivity index (χ1) is 18.4. The Morgan fingerprint density at radius 3 is 1.84 bits per heavy atom. The minimum Gasteiger partial charge on any atom is -0.429 e. The second-order valence-electron chi connectivity index (χ2n) is 9.09. The summed E-state index contributed by atoms with van der Waals surface area (Å²) in [5.41, 5.74) is 4.42. The highest BCUT2D eigenvalue weighted by molar-refractivity contribution is 5.83. The minimum absolute atomic E-state index is 0.00732. The van der Waals surface area contributed by atoms with Crippen LogP contribution in [-0.4, -0.2) is 24.2 Å². The predicted molar refractivity (Wildman–Crippen MR) is 136 cm³/mol. The molecule has 0 spiro atoms. The van der Waals surface area contributed by atoms with Crippen LogP contribution in [0.15, 0.2) is 78.9 Å². The van der Waals surface area contributed by atoms with E-state index in [-0.39, 0.29) is 32.0 Å². The van der Waals surface area contributed by atoms with Gasteiger partial charge in [0, 0.05) is 6.42 Å². The molecule has 38 heavy (non-hydrogen) atoms. The minimum atomic E-state index is -1.04. The van der Waals surface area contributed by atoms with Gasteiger partial charge in [-0.2, -0.15) is 0 Å². The molecule has 0 fully saturated rings. The van der Waals surface area contributed by atoms with E-state index in [1.807, 2.05) is 54.6 Å². The van der Waals surface area contributed by atoms with Crippen LogP contribution in [0.5, 0.6) is 0 Å². The topological polar surface area (TPSA) is 105 Å². The zero-order chi connectivity index (χ0) is 26.7. The summed E-state index contributed by atoms with van der Waals surface area (Å²) < 4.78 is 19.6. The van der Waals surface area contributed by atoms with Gasteiger partial charge >= 0.3 is 24.2 Å². The molecule has 3 aromatic rings. The lowest BCUT2D eigenvalue weighted by Gasteiger charge is -2.24. The van der Waals surface area contributed by atoms with Crippen LogP contribution in [-0.2, 0) is 61.0 Å². The van der Waals surface area contributed by atoms with Crippen LogP contribution < -0.4 is 0 Å². The van der Waals surface area contributed by atoms with Gasteiger partial charge in [0.15, 0.2) is 0 Å². The molecule has 0 saturated carbocycles. The second kappa shape index (κ2) is 13.2. The summed E-state index contributed by atoms with van der Waals surface area (Å²) in [6, 6.07) is 23.9. The van der Waals surface area contributed by atoms with E-state index >= 15 is 0 Å². The summed E-state index contributed by atoms with van der Waals surface area (Å²) in [4.78, 5) is 48.2. The van der Waals surface area contributed by atoms with E-state index in [2.05, 4.69) is 0 Å². The molecule has 0 heterocycles. The first-order valence-electron chi connectivity index (χ1n) is 12.4. The molecule has 0 radical (unpaired) electrons. The van der Waals surface area contributed by atoms with Crippen molar-refractivity contribution in [3.8, 4) is 0 Å². The summed E-state index contributed by atoms with van der Waals surface area (Å²) in [5, 5.41) is 0. The maximum absolute atomic E-state index is 12.3. The highest BCUT2D eigenvalue weighted by atomic mass is 16.7. The standard InChI is InChI=1S/C30H28O8/c31-27(37-29(33)35-19-21-7-3-1-4-8-21)17-23-11-13-25-14-12-24(16-26(25)15-23)18-28(32)38-30(34)36-20-22-9-5-2-6-10-22/h1-11,13,15,24H,12,14,16-20H2. The summed E-state index contributed by atoms with van der Waals surface area (Å²) in [5.74, 6) is -1.36. The molecule has 3 aromatic carbocycles. The zero-order valence-electron chi connectivity index (χ0n) is 20.8. The summed E-state index contributed by atoms with van der Waals surface area (Å²) in [7, 11) is 0. The highest BCUT2D eigenvalue weighted by Crippen LogP contribution is 2.29. The third-order valence-corrected chi connectivity index (χ3v) is 6.20. The quantitative estimate of drug-likeness (QED) is 0.286. The van der Waals surface area contributed by atoms with E-state index in [4.69, 9.17) is 18.9 Å². The lowest BCUT2D eigenvalue weighted by Crippen LogP contribution is -2.21. The van der Waals surface area contributed by atoms with Gasteiger partial charge in [0.1, 0.15) is 13.2 Å². The van der Waals surface area contributed by atoms with Crippen LogP contribution >= 0.6 is 0 Å². The monoisotopic (exact) mass is 516 g/mol. The van der Waals surface area contributed by atoms with E-state index in [0.717, 1.165) is 35.1 Å². The molecule has 8 heteroatoms. The number of hydrogen-bond acceptors (Lipinski definition) is 8. The van der Waals surface area contributed by atoms with E-state index < -0.39 is 24.2 Å². The van der Waals surface area contributed by atoms with Gasteiger partial charge in [0.05, 0.1) is 6.42 Å². The van der Waals surface area contributed by atoms with Crippen molar-refractivity contribution in [1.29, 1.82) is 0 Å². The molecule has 1 aliphatic rings. The molecular weight excluding hydrogens is 488 g/mol. The number of fused-ring (bicyclic) bond motifs is 1. The Labute approximate surface area is 220 Å². The molecule has 0 saturated heterocycles. The van der Waals surface area contributed by atoms with Gasteiger partial charge in [-0.15, -0.1) is 0 Å². The number of aryl methyl sites for hydroxylation is 1. The fourth-order valence-electron chi connectivity index (χ4n) is 4.33. The molecule has 8 nitrogen and oxygen atoms in total. The third-order valence-electron chi connectivity index (χ3n) is 6.20. The molecule has 0 aliphatic heterocycles. The Hall–Kier alpha value is -4.46. The maximum Gasteiger partial charge on any atom is 0.516 e. The van der Waals surface area contributed by atoms with Crippen molar-refractivity contribution in [3.05, 3.63) is 107 Å². The molecule has 0 bridgehead atoms. The molecule has 196 valence electrons. The molecule has 4 rings (SSSR count). The molecule has 1 unspecified atom stereocenters. The Kier molecular flexibility index (Phi) is 9.23. The van der Waals surface area contributed by atoms with Gasteiger partial charge in [-0.25, -0.2) is 9.59 Å². The number of hydrogen-bond donors (Lipinski definition) is 0. The Bertz CT molecular complexity index is 1270. The third kappa shape index (κ3) is 8.30.